The maximum Gasteiger partial charge on any atom is 1.00 e. The van der Waals surface area contributed by atoms with Gasteiger partial charge in [-0.3, -0.25) is 6.29 Å². The van der Waals surface area contributed by atoms with E-state index in [1.807, 2.05) is 0 Å². The number of rotatable bonds is 0. The summed E-state index contributed by atoms with van der Waals surface area (Å²) in [5.41, 5.74) is 0. The average Bonchev–Trinajstić information content (AvgIpc) is 1.78. The first-order valence-corrected chi connectivity index (χ1v) is 1.73. The van der Waals surface area contributed by atoms with Crippen LogP contribution in [0.2, 0.25) is 0 Å². The van der Waals surface area contributed by atoms with Gasteiger partial charge in [0.1, 0.15) is 0 Å². The van der Waals surface area contributed by atoms with Crippen LogP contribution in [0.5, 0.6) is 0 Å². The van der Waals surface area contributed by atoms with Gasteiger partial charge in [-0.1, -0.05) is 0 Å². The van der Waals surface area contributed by atoms with Crippen LogP contribution in [-0.2, 0) is 4.79 Å². The Morgan fingerprint density at radius 2 is 1.00 bits per heavy atom. The summed E-state index contributed by atoms with van der Waals surface area (Å²) in [7, 11) is 2.25. The van der Waals surface area contributed by atoms with Gasteiger partial charge >= 0.3 is 154 Å². The van der Waals surface area contributed by atoms with E-state index in [-0.39, 0.29) is 178 Å². The number of aliphatic hydroxyl groups excluding tert-OH is 1. The fourth-order valence-electron chi connectivity index (χ4n) is 0. The molecule has 0 spiro atoms. The topological polar surface area (TPSA) is 37.3 Å². The van der Waals surface area contributed by atoms with E-state index in [2.05, 4.69) is 14.0 Å². The minimum Gasteiger partial charge on any atom is -0.569 e. The largest absolute Gasteiger partial charge is 1.00 e. The second-order valence-corrected chi connectivity index (χ2v) is 0.204. The molecule has 0 amide bonds. The molecule has 0 aliphatic rings. The Morgan fingerprint density at radius 3 is 1.00 bits per heavy atom. The predicted molar refractivity (Wildman–Crippen MR) is 51.0 cm³/mol. The summed E-state index contributed by atoms with van der Waals surface area (Å²) in [6.45, 7) is 6.32. The molecule has 0 aromatic rings. The van der Waals surface area contributed by atoms with Crippen LogP contribution >= 0.6 is 0 Å². The summed E-state index contributed by atoms with van der Waals surface area (Å²) in [4.78, 5) is 8.68. The van der Waals surface area contributed by atoms with E-state index in [4.69, 9.17) is 9.90 Å². The Bertz CT molecular complexity index is 30.1. The number of hydrogen-bond donors (Lipinski definition) is 1. The molecule has 5 heteroatoms. The number of hydrogen-bond acceptors (Lipinski definition) is 2. The zero-order chi connectivity index (χ0) is 6.71. The Balaban J connectivity index is -0.00000000174. The van der Waals surface area contributed by atoms with Gasteiger partial charge in [-0.2, -0.15) is 13.8 Å². The molecule has 0 rings (SSSR count). The first-order valence-electron chi connectivity index (χ1n) is 1.73. The summed E-state index contributed by atoms with van der Waals surface area (Å²) < 4.78 is 0. The maximum absolute atomic E-state index is 8.68. The minimum atomic E-state index is 0. The van der Waals surface area contributed by atoms with Gasteiger partial charge in [-0.25, -0.2) is 7.11 Å². The SMILES string of the molecule is C[C-]=O.[CH2-]C.[CH2-]O.[CH3-].[CH3-].[CH3-].[HH].[K+].[K+].[K+]. The van der Waals surface area contributed by atoms with E-state index in [1.54, 1.807) is 6.92 Å². The Morgan fingerprint density at radius 1 is 1.00 bits per heavy atom. The normalized spacial score (nSPS) is 1.92. The zero-order valence-corrected chi connectivity index (χ0v) is 20.1. The molecule has 0 aliphatic heterocycles. The van der Waals surface area contributed by atoms with Crippen LogP contribution < -0.4 is 154 Å². The van der Waals surface area contributed by atoms with Gasteiger partial charge in [0.05, 0.1) is 0 Å². The monoisotopic (exact) mass is 267 g/mol. The minimum absolute atomic E-state index is 0. The van der Waals surface area contributed by atoms with E-state index < -0.39 is 0 Å². The average molecular weight is 268 g/mol. The molecule has 2 nitrogen and oxygen atoms in total. The smallest absolute Gasteiger partial charge is 0.569 e. The van der Waals surface area contributed by atoms with Crippen molar-refractivity contribution in [2.45, 2.75) is 13.8 Å². The molecule has 0 bridgehead atoms. The molecule has 0 atom stereocenters. The predicted octanol–water partition coefficient (Wildman–Crippen LogP) is -6.28. The van der Waals surface area contributed by atoms with Gasteiger partial charge in [0.2, 0.25) is 0 Å². The van der Waals surface area contributed by atoms with E-state index in [9.17, 15) is 0 Å². The van der Waals surface area contributed by atoms with Crippen molar-refractivity contribution in [3.63, 3.8) is 0 Å². The zero-order valence-electron chi connectivity index (χ0n) is 10.8. The van der Waals surface area contributed by atoms with E-state index in [0.717, 1.165) is 0 Å². The fourth-order valence-corrected chi connectivity index (χ4v) is 0. The molecular formula is C8H22K3O2-3. The Hall–Kier alpha value is 4.54. The second-order valence-electron chi connectivity index (χ2n) is 0.204. The Kier molecular flexibility index (Phi) is 659. The van der Waals surface area contributed by atoms with Crippen molar-refractivity contribution >= 4 is 6.29 Å². The van der Waals surface area contributed by atoms with Gasteiger partial charge in [-0.15, -0.1) is 0 Å². The third kappa shape index (κ3) is 170. The molecule has 13 heavy (non-hydrogen) atoms. The maximum atomic E-state index is 8.68. The van der Waals surface area contributed by atoms with Gasteiger partial charge in [0, 0.05) is 1.43 Å². The summed E-state index contributed by atoms with van der Waals surface area (Å²) in [5, 5.41) is 6.75. The molecule has 72 valence electrons. The van der Waals surface area contributed by atoms with Crippen LogP contribution in [0.3, 0.4) is 0 Å². The molecule has 0 aromatic heterocycles. The standard InChI is InChI=1S/C2H3O.C2H5.CH3O.3CH3.3K.H2/c1-2-3;2*1-2;;;;;;;/h1H3;1H2,2H3;2H,1H2;3*1H3;;;;1H/q6*-1;3*+1;. The summed E-state index contributed by atoms with van der Waals surface area (Å²) in [6.07, 6.45) is 1.50. The van der Waals surface area contributed by atoms with Crippen molar-refractivity contribution in [3.8, 4) is 0 Å². The molecule has 0 aromatic carbocycles. The fraction of sp³-hybridized carbons (Fsp3) is 0.250. The van der Waals surface area contributed by atoms with Crippen LogP contribution in [0.15, 0.2) is 0 Å². The van der Waals surface area contributed by atoms with Crippen LogP contribution in [0.4, 0.5) is 0 Å². The Labute approximate surface area is 216 Å². The molecule has 0 saturated carbocycles. The van der Waals surface area contributed by atoms with Gasteiger partial charge in [-0.05, 0) is 0 Å². The molecule has 0 aliphatic carbocycles. The molecule has 1 N–H and O–H groups in total. The van der Waals surface area contributed by atoms with Gasteiger partial charge < -0.3 is 39.1 Å². The van der Waals surface area contributed by atoms with Crippen molar-refractivity contribution < 1.29 is 165 Å². The summed E-state index contributed by atoms with van der Waals surface area (Å²) in [6, 6.07) is 0. The summed E-state index contributed by atoms with van der Waals surface area (Å²) in [5.74, 6) is 0. The van der Waals surface area contributed by atoms with E-state index in [0.29, 0.717) is 0 Å². The third-order valence-corrected chi connectivity index (χ3v) is 0. The first kappa shape index (κ1) is 65.8. The first-order chi connectivity index (χ1) is 3.41. The number of carbonyl (C=O) groups excluding carboxylic acids is 1. The molecule has 0 fully saturated rings. The van der Waals surface area contributed by atoms with Crippen LogP contribution in [0.1, 0.15) is 15.3 Å². The van der Waals surface area contributed by atoms with E-state index >= 15 is 0 Å². The third-order valence-electron chi connectivity index (χ3n) is 0. The van der Waals surface area contributed by atoms with Crippen molar-refractivity contribution in [1.29, 1.82) is 0 Å². The van der Waals surface area contributed by atoms with Crippen molar-refractivity contribution in [2.24, 2.45) is 0 Å². The van der Waals surface area contributed by atoms with Gasteiger partial charge in [0.15, 0.2) is 0 Å². The van der Waals surface area contributed by atoms with Crippen molar-refractivity contribution in [3.05, 3.63) is 36.3 Å². The quantitative estimate of drug-likeness (QED) is 0.350. The van der Waals surface area contributed by atoms with Crippen LogP contribution in [-0.4, -0.2) is 11.4 Å². The molecule has 0 radical (unpaired) electrons. The molecule has 0 unspecified atom stereocenters. The number of aliphatic hydroxyl groups is 1. The molecular weight excluding hydrogens is 245 g/mol. The van der Waals surface area contributed by atoms with Gasteiger partial charge in [0.25, 0.3) is 0 Å². The van der Waals surface area contributed by atoms with Crippen molar-refractivity contribution in [1.82, 2.24) is 0 Å². The summed E-state index contributed by atoms with van der Waals surface area (Å²) >= 11 is 0. The van der Waals surface area contributed by atoms with Crippen LogP contribution in [0.25, 0.3) is 0 Å². The second kappa shape index (κ2) is 130. The van der Waals surface area contributed by atoms with Crippen LogP contribution in [0, 0.1) is 36.3 Å². The molecule has 0 saturated heterocycles. The van der Waals surface area contributed by atoms with Crippen molar-refractivity contribution in [2.75, 3.05) is 0 Å². The van der Waals surface area contributed by atoms with E-state index in [1.165, 1.54) is 13.2 Å². The molecule has 0 heterocycles.